The summed E-state index contributed by atoms with van der Waals surface area (Å²) in [6.07, 6.45) is 62.1. The molecule has 0 aliphatic heterocycles. The quantitative estimate of drug-likeness (QED) is 0.0246. The average Bonchev–Trinajstić information content (AvgIpc) is 3.24. The Morgan fingerprint density at radius 2 is 0.967 bits per heavy atom. The number of esters is 1. The van der Waals surface area contributed by atoms with Gasteiger partial charge in [-0.15, -0.1) is 0 Å². The summed E-state index contributed by atoms with van der Waals surface area (Å²) < 4.78 is 5.80. The number of hydrogen-bond donors (Lipinski definition) is 3. The minimum Gasteiger partial charge on any atom is -0.458 e. The Kier molecular flexibility index (Phi) is 44.3. The Balaban J connectivity index is 4.83. The predicted octanol–water partition coefficient (Wildman–Crippen LogP) is 14.6. The molecule has 0 heterocycles. The molecule has 0 saturated heterocycles. The molecule has 3 N–H and O–H groups in total. The number of carbonyl (C=O) groups excluding carboxylic acids is 2. The summed E-state index contributed by atoms with van der Waals surface area (Å²) in [5.41, 5.74) is 0. The molecule has 0 fully saturated rings. The van der Waals surface area contributed by atoms with Crippen molar-refractivity contribution in [3.8, 4) is 0 Å². The van der Waals surface area contributed by atoms with E-state index in [1.165, 1.54) is 77.0 Å². The van der Waals surface area contributed by atoms with Crippen LogP contribution < -0.4 is 5.32 Å². The van der Waals surface area contributed by atoms with Gasteiger partial charge in [0.1, 0.15) is 6.10 Å². The van der Waals surface area contributed by atoms with Crippen LogP contribution in [0.1, 0.15) is 207 Å². The number of rotatable bonds is 42. The molecule has 342 valence electrons. The fraction of sp³-hybridized carbons (Fsp3) is 0.667. The van der Waals surface area contributed by atoms with Crippen molar-refractivity contribution in [1.82, 2.24) is 5.32 Å². The lowest BCUT2D eigenvalue weighted by atomic mass is 10.0. The summed E-state index contributed by atoms with van der Waals surface area (Å²) in [7, 11) is 0. The second-order valence-corrected chi connectivity index (χ2v) is 16.2. The highest BCUT2D eigenvalue weighted by Crippen LogP contribution is 2.15. The Bertz CT molecular complexity index is 1210. The number of hydrogen-bond acceptors (Lipinski definition) is 5. The molecule has 6 nitrogen and oxygen atoms in total. The largest absolute Gasteiger partial charge is 0.458 e. The van der Waals surface area contributed by atoms with Crippen molar-refractivity contribution in [3.63, 3.8) is 0 Å². The zero-order valence-electron chi connectivity index (χ0n) is 38.8. The molecule has 0 saturated carbocycles. The SMILES string of the molecule is CC/C=C\C/C=C\C/C=C\C/C=C\C/C=C\C/C=C\C(CC(=O)NC(CO)C(O)CCCCCCCCCCC)OC(=O)CCCCCCCC/C=C/C=C/CCCCC. The van der Waals surface area contributed by atoms with E-state index in [-0.39, 0.29) is 24.9 Å². The molecular weight excluding hydrogens is 743 g/mol. The first-order chi connectivity index (χ1) is 29.5. The van der Waals surface area contributed by atoms with E-state index in [2.05, 4.69) is 111 Å². The van der Waals surface area contributed by atoms with Gasteiger partial charge in [0.25, 0.3) is 0 Å². The molecule has 0 aromatic heterocycles. The van der Waals surface area contributed by atoms with Crippen LogP contribution in [0.2, 0.25) is 0 Å². The number of aliphatic hydroxyl groups is 2. The van der Waals surface area contributed by atoms with Crippen LogP contribution in [-0.2, 0) is 14.3 Å². The molecule has 0 radical (unpaired) electrons. The van der Waals surface area contributed by atoms with Gasteiger partial charge >= 0.3 is 5.97 Å². The monoisotopic (exact) mass is 834 g/mol. The third-order valence-corrected chi connectivity index (χ3v) is 10.4. The first kappa shape index (κ1) is 56.8. The van der Waals surface area contributed by atoms with Crippen LogP contribution >= 0.6 is 0 Å². The molecule has 3 unspecified atom stereocenters. The molecule has 0 aromatic rings. The lowest BCUT2D eigenvalue weighted by molar-refractivity contribution is -0.148. The number of unbranched alkanes of at least 4 members (excludes halogenated alkanes) is 17. The molecule has 3 atom stereocenters. The van der Waals surface area contributed by atoms with Gasteiger partial charge in [-0.2, -0.15) is 0 Å². The van der Waals surface area contributed by atoms with Crippen LogP contribution in [0, 0.1) is 0 Å². The number of amides is 1. The van der Waals surface area contributed by atoms with E-state index >= 15 is 0 Å². The number of ether oxygens (including phenoxy) is 1. The Labute approximate surface area is 369 Å². The summed E-state index contributed by atoms with van der Waals surface area (Å²) in [4.78, 5) is 26.0. The normalized spacial score (nSPS) is 14.2. The maximum Gasteiger partial charge on any atom is 0.306 e. The van der Waals surface area contributed by atoms with Crippen molar-refractivity contribution >= 4 is 11.9 Å². The molecule has 1 amide bonds. The van der Waals surface area contributed by atoms with Crippen molar-refractivity contribution in [3.05, 3.63) is 97.2 Å². The van der Waals surface area contributed by atoms with Crippen molar-refractivity contribution < 1.29 is 24.5 Å². The smallest absolute Gasteiger partial charge is 0.306 e. The van der Waals surface area contributed by atoms with Gasteiger partial charge in [-0.05, 0) is 83.1 Å². The number of carbonyl (C=O) groups is 2. The van der Waals surface area contributed by atoms with E-state index < -0.39 is 18.2 Å². The van der Waals surface area contributed by atoms with Gasteiger partial charge in [0.2, 0.25) is 5.91 Å². The summed E-state index contributed by atoms with van der Waals surface area (Å²) in [6, 6.07) is -0.749. The highest BCUT2D eigenvalue weighted by Gasteiger charge is 2.23. The molecule has 0 aliphatic carbocycles. The van der Waals surface area contributed by atoms with E-state index in [4.69, 9.17) is 4.74 Å². The van der Waals surface area contributed by atoms with Gasteiger partial charge in [0, 0.05) is 6.42 Å². The minimum atomic E-state index is -0.825. The van der Waals surface area contributed by atoms with Crippen LogP contribution in [-0.4, -0.2) is 46.9 Å². The van der Waals surface area contributed by atoms with E-state index in [9.17, 15) is 19.8 Å². The Hall–Kier alpha value is -3.22. The summed E-state index contributed by atoms with van der Waals surface area (Å²) in [6.45, 7) is 6.26. The molecule has 0 rings (SSSR count). The molecule has 0 aromatic carbocycles. The number of allylic oxidation sites excluding steroid dienone is 15. The highest BCUT2D eigenvalue weighted by molar-refractivity contribution is 5.78. The van der Waals surface area contributed by atoms with E-state index in [0.717, 1.165) is 83.5 Å². The van der Waals surface area contributed by atoms with E-state index in [0.29, 0.717) is 19.3 Å². The minimum absolute atomic E-state index is 0.0573. The van der Waals surface area contributed by atoms with Gasteiger partial charge in [-0.25, -0.2) is 0 Å². The van der Waals surface area contributed by atoms with Gasteiger partial charge in [-0.3, -0.25) is 9.59 Å². The zero-order chi connectivity index (χ0) is 43.8. The molecular formula is C54H91NO5. The highest BCUT2D eigenvalue weighted by atomic mass is 16.5. The molecule has 60 heavy (non-hydrogen) atoms. The fourth-order valence-electron chi connectivity index (χ4n) is 6.71. The maximum atomic E-state index is 13.1. The summed E-state index contributed by atoms with van der Waals surface area (Å²) >= 11 is 0. The number of nitrogens with one attached hydrogen (secondary N) is 1. The predicted molar refractivity (Wildman–Crippen MR) is 259 cm³/mol. The van der Waals surface area contributed by atoms with Crippen molar-refractivity contribution in [2.75, 3.05) is 6.61 Å². The van der Waals surface area contributed by atoms with Crippen molar-refractivity contribution in [2.24, 2.45) is 0 Å². The van der Waals surface area contributed by atoms with E-state index in [1.54, 1.807) is 6.08 Å². The Morgan fingerprint density at radius 3 is 1.48 bits per heavy atom. The first-order valence-corrected chi connectivity index (χ1v) is 24.5. The fourth-order valence-corrected chi connectivity index (χ4v) is 6.71. The first-order valence-electron chi connectivity index (χ1n) is 24.5. The van der Waals surface area contributed by atoms with Crippen LogP contribution in [0.4, 0.5) is 0 Å². The second-order valence-electron chi connectivity index (χ2n) is 16.2. The third-order valence-electron chi connectivity index (χ3n) is 10.4. The summed E-state index contributed by atoms with van der Waals surface area (Å²) in [5.74, 6) is -0.653. The summed E-state index contributed by atoms with van der Waals surface area (Å²) in [5, 5.41) is 23.6. The third kappa shape index (κ3) is 41.5. The van der Waals surface area contributed by atoms with Crippen molar-refractivity contribution in [1.29, 1.82) is 0 Å². The van der Waals surface area contributed by atoms with Gasteiger partial charge in [0.15, 0.2) is 0 Å². The van der Waals surface area contributed by atoms with Gasteiger partial charge in [0.05, 0.1) is 25.2 Å². The lowest BCUT2D eigenvalue weighted by Crippen LogP contribution is -2.46. The topological polar surface area (TPSA) is 95.9 Å². The zero-order valence-corrected chi connectivity index (χ0v) is 38.8. The van der Waals surface area contributed by atoms with E-state index in [1.807, 2.05) is 6.08 Å². The molecule has 0 spiro atoms. The average molecular weight is 834 g/mol. The van der Waals surface area contributed by atoms with Gasteiger partial charge < -0.3 is 20.3 Å². The van der Waals surface area contributed by atoms with Crippen LogP contribution in [0.25, 0.3) is 0 Å². The maximum absolute atomic E-state index is 13.1. The van der Waals surface area contributed by atoms with Crippen LogP contribution in [0.15, 0.2) is 97.2 Å². The lowest BCUT2D eigenvalue weighted by Gasteiger charge is -2.23. The Morgan fingerprint density at radius 1 is 0.533 bits per heavy atom. The molecule has 6 heteroatoms. The molecule has 0 aliphatic rings. The number of aliphatic hydroxyl groups excluding tert-OH is 2. The van der Waals surface area contributed by atoms with Crippen LogP contribution in [0.5, 0.6) is 0 Å². The van der Waals surface area contributed by atoms with Crippen LogP contribution in [0.3, 0.4) is 0 Å². The second kappa shape index (κ2) is 46.8. The standard InChI is InChI=1S/C54H91NO5/c1-4-7-10-13-16-19-21-23-25-26-28-29-31-34-36-39-42-45-50(48-53(58)55-51(49-56)52(57)46-43-40-37-33-18-15-12-9-6-3)60-54(59)47-44-41-38-35-32-30-27-24-22-20-17-14-11-8-5-2/h7,10,16-17,19-20,22-25,28-29,34,36,42,45,50-52,56-57H,4-6,8-9,11-15,18,21,26-27,30-33,35,37-41,43-44,46-49H2,1-3H3,(H,55,58)/b10-7-,19-16-,20-17+,24-22+,25-23-,29-28-,36-34-,45-42-. The van der Waals surface area contributed by atoms with Crippen molar-refractivity contribution in [2.45, 2.75) is 225 Å². The molecule has 0 bridgehead atoms. The van der Waals surface area contributed by atoms with Gasteiger partial charge in [-0.1, -0.05) is 208 Å².